The Labute approximate surface area is 359 Å². The van der Waals surface area contributed by atoms with E-state index < -0.39 is 86.4 Å². The summed E-state index contributed by atoms with van der Waals surface area (Å²) in [5.41, 5.74) is 6.82. The number of aryl methyl sites for hydroxylation is 1. The third-order valence-corrected chi connectivity index (χ3v) is 10.1. The molecular weight excluding hydrogens is 833 g/mol. The molecular formula is C39H60N9O13P. The first kappa shape index (κ1) is 51.1. The third kappa shape index (κ3) is 17.6. The van der Waals surface area contributed by atoms with Gasteiger partial charge in [0.1, 0.15) is 36.3 Å². The minimum atomic E-state index is -5.12. The van der Waals surface area contributed by atoms with Crippen LogP contribution in [0.3, 0.4) is 0 Å². The van der Waals surface area contributed by atoms with Gasteiger partial charge in [-0.25, -0.2) is 9.55 Å². The fourth-order valence-electron chi connectivity index (χ4n) is 6.47. The summed E-state index contributed by atoms with van der Waals surface area (Å²) in [4.78, 5) is 113. The lowest BCUT2D eigenvalue weighted by Crippen LogP contribution is -2.61. The number of imidazole rings is 1. The number of hydrogen-bond acceptors (Lipinski definition) is 13. The van der Waals surface area contributed by atoms with Crippen molar-refractivity contribution in [3.05, 3.63) is 54.1 Å². The number of nitrogens with zero attached hydrogens (tertiary/aromatic N) is 3. The second-order valence-corrected chi connectivity index (χ2v) is 16.7. The van der Waals surface area contributed by atoms with Gasteiger partial charge in [-0.05, 0) is 51.5 Å². The van der Waals surface area contributed by atoms with Gasteiger partial charge in [0, 0.05) is 30.9 Å². The fraction of sp³-hybridized carbons (Fsp3) is 0.590. The highest BCUT2D eigenvalue weighted by atomic mass is 31.2. The summed E-state index contributed by atoms with van der Waals surface area (Å²) in [5.74, 6) is -5.33. The van der Waals surface area contributed by atoms with E-state index in [-0.39, 0.29) is 56.8 Å². The van der Waals surface area contributed by atoms with Crippen LogP contribution in [-0.4, -0.2) is 140 Å². The Bertz CT molecular complexity index is 1850. The highest BCUT2D eigenvalue weighted by molar-refractivity contribution is 7.46. The maximum Gasteiger partial charge on any atom is 0.469 e. The highest BCUT2D eigenvalue weighted by Gasteiger charge is 2.42. The molecule has 7 atom stereocenters. The van der Waals surface area contributed by atoms with Gasteiger partial charge in [0.15, 0.2) is 0 Å². The van der Waals surface area contributed by atoms with Crippen LogP contribution in [0.4, 0.5) is 0 Å². The summed E-state index contributed by atoms with van der Waals surface area (Å²) in [6.45, 7) is 7.52. The van der Waals surface area contributed by atoms with Gasteiger partial charge in [0.2, 0.25) is 35.4 Å². The molecule has 1 aromatic heterocycles. The number of carbonyl (C=O) groups excluding carboxylic acids is 6. The number of aromatic nitrogens is 2. The summed E-state index contributed by atoms with van der Waals surface area (Å²) < 4.78 is 21.4. The summed E-state index contributed by atoms with van der Waals surface area (Å²) in [7, 11) is -5.12. The quantitative estimate of drug-likeness (QED) is 0.0322. The minimum Gasteiger partial charge on any atom is -0.394 e. The lowest BCUT2D eigenvalue weighted by molar-refractivity contribution is -0.140. The molecule has 62 heavy (non-hydrogen) atoms. The van der Waals surface area contributed by atoms with Gasteiger partial charge in [0.25, 0.3) is 0 Å². The number of ether oxygens (including phenoxy) is 1. The predicted octanol–water partition coefficient (Wildman–Crippen LogP) is -0.667. The second-order valence-electron chi connectivity index (χ2n) is 15.5. The first-order chi connectivity index (χ1) is 29.3. The Balaban J connectivity index is 1.78. The molecule has 22 nitrogen and oxygen atoms in total. The zero-order valence-electron chi connectivity index (χ0n) is 35.5. The van der Waals surface area contributed by atoms with E-state index in [1.807, 2.05) is 58.0 Å². The number of nitrogens with two attached hydrogens (primary N) is 1. The minimum absolute atomic E-state index is 0.00836. The fourth-order valence-corrected chi connectivity index (χ4v) is 7.02. The molecule has 1 saturated heterocycles. The van der Waals surface area contributed by atoms with Crippen molar-refractivity contribution < 1.29 is 62.3 Å². The molecule has 1 aromatic carbocycles. The van der Waals surface area contributed by atoms with Crippen LogP contribution in [-0.2, 0) is 60.3 Å². The zero-order valence-corrected chi connectivity index (χ0v) is 36.4. The third-order valence-electron chi connectivity index (χ3n) is 9.49. The molecule has 0 radical (unpaired) electrons. The number of aliphatic hydroxyl groups excluding tert-OH is 1. The molecule has 2 heterocycles. The Morgan fingerprint density at radius 3 is 2.24 bits per heavy atom. The number of primary amides is 1. The standard InChI is InChI=1S/C39H60N9O13P/c1-23(2)16-29(45-39(55)32-18-28(20-48(32)33(50)13-15-59-24(3)4)60-43-14-9-12-26-10-7-6-8-11-26)36(52)44-30(17-27-19-41-22-42-27)37(53)46-31(21-49)38(54)47-34(35(40)51)25(5)61-62(56,57)58/h6-8,10-11,14,19,22-25,28-32,34,49H,9,12-13,15-18,20-21H2,1-5H3,(H2,40,51)(H,41,42)(H,44,52)(H,45,55)(H,46,53)(H,47,54)(H2,56,57,58). The highest BCUT2D eigenvalue weighted by Crippen LogP contribution is 2.38. The van der Waals surface area contributed by atoms with Gasteiger partial charge in [-0.1, -0.05) is 49.3 Å². The number of aliphatic hydroxyl groups is 1. The Morgan fingerprint density at radius 1 is 0.984 bits per heavy atom. The van der Waals surface area contributed by atoms with E-state index in [1.54, 1.807) is 6.21 Å². The number of H-pyrrole nitrogens is 1. The van der Waals surface area contributed by atoms with Crippen molar-refractivity contribution in [2.45, 2.75) is 122 Å². The molecule has 344 valence electrons. The van der Waals surface area contributed by atoms with Crippen molar-refractivity contribution >= 4 is 49.5 Å². The van der Waals surface area contributed by atoms with Crippen LogP contribution in [0.15, 0.2) is 48.0 Å². The van der Waals surface area contributed by atoms with Gasteiger partial charge < -0.3 is 61.4 Å². The first-order valence-corrected chi connectivity index (χ1v) is 21.8. The van der Waals surface area contributed by atoms with Crippen molar-refractivity contribution in [1.82, 2.24) is 36.1 Å². The van der Waals surface area contributed by atoms with Crippen molar-refractivity contribution in [2.24, 2.45) is 16.8 Å². The molecule has 6 amide bonds. The van der Waals surface area contributed by atoms with Crippen LogP contribution in [0.5, 0.6) is 0 Å². The molecule has 0 saturated carbocycles. The number of aromatic amines is 1. The monoisotopic (exact) mass is 893 g/mol. The Kier molecular flexibility index (Phi) is 20.6. The van der Waals surface area contributed by atoms with E-state index >= 15 is 0 Å². The first-order valence-electron chi connectivity index (χ1n) is 20.2. The van der Waals surface area contributed by atoms with Crippen molar-refractivity contribution in [2.75, 3.05) is 19.8 Å². The van der Waals surface area contributed by atoms with Crippen LogP contribution in [0.1, 0.15) is 71.6 Å². The average molecular weight is 894 g/mol. The predicted molar refractivity (Wildman–Crippen MR) is 222 cm³/mol. The van der Waals surface area contributed by atoms with E-state index in [9.17, 15) is 38.4 Å². The van der Waals surface area contributed by atoms with Gasteiger partial charge in [0.05, 0.1) is 44.7 Å². The lowest BCUT2D eigenvalue weighted by atomic mass is 10.0. The normalized spacial score (nSPS) is 17.9. The second kappa shape index (κ2) is 25.0. The maximum atomic E-state index is 14.1. The SMILES string of the molecule is CC(C)CC(NC(=O)C1CC(ON=CCCc2ccccc2)CN1C(=O)CCOC(C)C)C(=O)NC(Cc1cnc[nH]1)C(=O)NC(CO)C(=O)NC(C(N)=O)C(C)OP(=O)(O)O. The number of likely N-dealkylation sites (tertiary alicyclic amines) is 1. The van der Waals surface area contributed by atoms with Gasteiger partial charge >= 0.3 is 7.82 Å². The van der Waals surface area contributed by atoms with Crippen LogP contribution < -0.4 is 27.0 Å². The van der Waals surface area contributed by atoms with Crippen molar-refractivity contribution in [1.29, 1.82) is 0 Å². The van der Waals surface area contributed by atoms with Crippen LogP contribution >= 0.6 is 7.82 Å². The summed E-state index contributed by atoms with van der Waals surface area (Å²) in [6, 6.07) is 2.58. The molecule has 1 aliphatic rings. The number of phosphoric ester groups is 1. The summed E-state index contributed by atoms with van der Waals surface area (Å²) >= 11 is 0. The molecule has 7 unspecified atom stereocenters. The Hall–Kier alpha value is -5.25. The zero-order chi connectivity index (χ0) is 46.0. The molecule has 0 aliphatic carbocycles. The van der Waals surface area contributed by atoms with E-state index in [0.29, 0.717) is 12.1 Å². The maximum absolute atomic E-state index is 14.1. The number of hydrogen-bond donors (Lipinski definition) is 9. The molecule has 1 aliphatic heterocycles. The number of amides is 6. The van der Waals surface area contributed by atoms with E-state index in [1.165, 1.54) is 17.4 Å². The largest absolute Gasteiger partial charge is 0.469 e. The topological polar surface area (TPSA) is 326 Å². The van der Waals surface area contributed by atoms with E-state index in [0.717, 1.165) is 18.9 Å². The van der Waals surface area contributed by atoms with E-state index in [2.05, 4.69) is 40.9 Å². The molecule has 10 N–H and O–H groups in total. The number of phosphoric acid groups is 1. The molecule has 1 fully saturated rings. The van der Waals surface area contributed by atoms with Crippen LogP contribution in [0.2, 0.25) is 0 Å². The number of nitrogens with one attached hydrogen (secondary N) is 5. The number of rotatable bonds is 26. The van der Waals surface area contributed by atoms with E-state index in [4.69, 9.17) is 25.1 Å². The molecule has 23 heteroatoms. The van der Waals surface area contributed by atoms with Gasteiger partial charge in [-0.15, -0.1) is 0 Å². The van der Waals surface area contributed by atoms with Crippen LogP contribution in [0, 0.1) is 5.92 Å². The van der Waals surface area contributed by atoms with Crippen LogP contribution in [0.25, 0.3) is 0 Å². The summed E-state index contributed by atoms with van der Waals surface area (Å²) in [6.07, 6.45) is 3.27. The van der Waals surface area contributed by atoms with Crippen molar-refractivity contribution in [3.8, 4) is 0 Å². The number of oxime groups is 1. The molecule has 3 rings (SSSR count). The molecule has 0 spiro atoms. The lowest BCUT2D eigenvalue weighted by Gasteiger charge is -2.28. The molecule has 0 bridgehead atoms. The van der Waals surface area contributed by atoms with Gasteiger partial charge in [-0.2, -0.15) is 0 Å². The molecule has 2 aromatic rings. The smallest absolute Gasteiger partial charge is 0.394 e. The number of benzene rings is 1. The summed E-state index contributed by atoms with van der Waals surface area (Å²) in [5, 5.41) is 23.9. The van der Waals surface area contributed by atoms with Gasteiger partial charge in [-0.3, -0.25) is 33.3 Å². The van der Waals surface area contributed by atoms with Crippen molar-refractivity contribution in [3.63, 3.8) is 0 Å². The Morgan fingerprint density at radius 2 is 1.65 bits per heavy atom. The number of carbonyl (C=O) groups is 6. The average Bonchev–Trinajstić information content (AvgIpc) is 3.88.